The number of nitrogens with zero attached hydrogens (tertiary/aromatic N) is 4. The van der Waals surface area contributed by atoms with Crippen molar-refractivity contribution in [3.05, 3.63) is 30.1 Å². The van der Waals surface area contributed by atoms with Crippen LogP contribution in [0.25, 0.3) is 0 Å². The van der Waals surface area contributed by atoms with Crippen LogP contribution >= 0.6 is 0 Å². The molecule has 0 N–H and O–H groups in total. The van der Waals surface area contributed by atoms with Crippen LogP contribution in [0.3, 0.4) is 0 Å². The maximum Gasteiger partial charge on any atom is 0.410 e. The van der Waals surface area contributed by atoms with Crippen LogP contribution in [-0.2, 0) is 16.1 Å². The fourth-order valence-corrected chi connectivity index (χ4v) is 4.50. The molecule has 3 heterocycles. The number of carbonyl (C=O) groups excluding carboxylic acids is 2. The number of ether oxygens (including phenoxy) is 1. The van der Waals surface area contributed by atoms with E-state index in [0.29, 0.717) is 19.0 Å². The predicted molar refractivity (Wildman–Crippen MR) is 120 cm³/mol. The van der Waals surface area contributed by atoms with Crippen LogP contribution in [0.2, 0.25) is 0 Å². The van der Waals surface area contributed by atoms with Crippen molar-refractivity contribution in [2.24, 2.45) is 11.8 Å². The van der Waals surface area contributed by atoms with Gasteiger partial charge in [0, 0.05) is 51.5 Å². The number of hydrogen-bond donors (Lipinski definition) is 0. The topological polar surface area (TPSA) is 66.0 Å². The molecule has 2 saturated heterocycles. The Kier molecular flexibility index (Phi) is 7.92. The molecule has 3 rings (SSSR count). The first kappa shape index (κ1) is 23.5. The number of aromatic nitrogens is 1. The average Bonchev–Trinajstić information content (AvgIpc) is 2.74. The Morgan fingerprint density at radius 1 is 1.06 bits per heavy atom. The highest BCUT2D eigenvalue weighted by atomic mass is 16.6. The zero-order valence-electron chi connectivity index (χ0n) is 19.5. The minimum Gasteiger partial charge on any atom is -0.444 e. The van der Waals surface area contributed by atoms with E-state index in [0.717, 1.165) is 51.9 Å². The zero-order valence-corrected chi connectivity index (χ0v) is 19.5. The molecule has 7 heteroatoms. The summed E-state index contributed by atoms with van der Waals surface area (Å²) in [5, 5.41) is 0. The normalized spacial score (nSPS) is 19.3. The summed E-state index contributed by atoms with van der Waals surface area (Å²) in [4.78, 5) is 35.4. The molecule has 0 unspecified atom stereocenters. The first-order valence-corrected chi connectivity index (χ1v) is 11.6. The standard InChI is InChI=1S/C24H38N4O3/c1-24(2,3)31-23(30)28-15-7-20(8-16-28)17-26(4)22(29)21-9-13-27(14-10-21)18-19-5-11-25-12-6-19/h5-6,11-12,20-21H,7-10,13-18H2,1-4H3. The van der Waals surface area contributed by atoms with Crippen molar-refractivity contribution in [2.45, 2.75) is 58.6 Å². The van der Waals surface area contributed by atoms with Gasteiger partial charge in [0.15, 0.2) is 0 Å². The molecule has 2 aliphatic rings. The van der Waals surface area contributed by atoms with E-state index in [1.165, 1.54) is 5.56 Å². The number of carbonyl (C=O) groups is 2. The largest absolute Gasteiger partial charge is 0.444 e. The van der Waals surface area contributed by atoms with Gasteiger partial charge in [-0.05, 0) is 83.2 Å². The summed E-state index contributed by atoms with van der Waals surface area (Å²) >= 11 is 0. The SMILES string of the molecule is CN(CC1CCN(C(=O)OC(C)(C)C)CC1)C(=O)C1CCN(Cc2ccncc2)CC1. The molecule has 0 bridgehead atoms. The molecular formula is C24H38N4O3. The molecule has 2 fully saturated rings. The van der Waals surface area contributed by atoms with Gasteiger partial charge in [-0.2, -0.15) is 0 Å². The maximum absolute atomic E-state index is 13.0. The average molecular weight is 431 g/mol. The van der Waals surface area contributed by atoms with Crippen LogP contribution < -0.4 is 0 Å². The van der Waals surface area contributed by atoms with Crippen LogP contribution in [0, 0.1) is 11.8 Å². The second kappa shape index (κ2) is 10.4. The molecule has 2 aliphatic heterocycles. The third-order valence-electron chi connectivity index (χ3n) is 6.27. The summed E-state index contributed by atoms with van der Waals surface area (Å²) in [7, 11) is 1.94. The molecule has 1 aromatic rings. The first-order chi connectivity index (χ1) is 14.7. The van der Waals surface area contributed by atoms with Crippen molar-refractivity contribution >= 4 is 12.0 Å². The van der Waals surface area contributed by atoms with E-state index in [2.05, 4.69) is 22.0 Å². The predicted octanol–water partition coefficient (Wildman–Crippen LogP) is 3.40. The first-order valence-electron chi connectivity index (χ1n) is 11.6. The van der Waals surface area contributed by atoms with E-state index in [1.54, 1.807) is 4.90 Å². The Bertz CT molecular complexity index is 718. The molecule has 0 aliphatic carbocycles. The Morgan fingerprint density at radius 2 is 1.68 bits per heavy atom. The lowest BCUT2D eigenvalue weighted by Gasteiger charge is -2.36. The van der Waals surface area contributed by atoms with Crippen LogP contribution in [0.5, 0.6) is 0 Å². The maximum atomic E-state index is 13.0. The molecule has 0 aromatic carbocycles. The second-order valence-corrected chi connectivity index (χ2v) is 10.0. The van der Waals surface area contributed by atoms with Crippen molar-refractivity contribution in [2.75, 3.05) is 39.8 Å². The van der Waals surface area contributed by atoms with Gasteiger partial charge in [0.25, 0.3) is 0 Å². The number of likely N-dealkylation sites (tertiary alicyclic amines) is 2. The van der Waals surface area contributed by atoms with Gasteiger partial charge in [0.1, 0.15) is 5.60 Å². The van der Waals surface area contributed by atoms with Crippen molar-refractivity contribution < 1.29 is 14.3 Å². The lowest BCUT2D eigenvalue weighted by molar-refractivity contribution is -0.136. The van der Waals surface area contributed by atoms with Gasteiger partial charge in [-0.1, -0.05) is 0 Å². The van der Waals surface area contributed by atoms with Crippen LogP contribution in [-0.4, -0.2) is 77.1 Å². The fraction of sp³-hybridized carbons (Fsp3) is 0.708. The molecule has 2 amide bonds. The van der Waals surface area contributed by atoms with E-state index in [9.17, 15) is 9.59 Å². The molecule has 172 valence electrons. The molecule has 1 aromatic heterocycles. The third kappa shape index (κ3) is 7.20. The van der Waals surface area contributed by atoms with Gasteiger partial charge in [-0.25, -0.2) is 4.79 Å². The van der Waals surface area contributed by atoms with E-state index in [-0.39, 0.29) is 17.9 Å². The summed E-state index contributed by atoms with van der Waals surface area (Å²) in [6, 6.07) is 4.11. The summed E-state index contributed by atoms with van der Waals surface area (Å²) < 4.78 is 5.47. The van der Waals surface area contributed by atoms with Crippen molar-refractivity contribution in [3.63, 3.8) is 0 Å². The minimum atomic E-state index is -0.464. The Morgan fingerprint density at radius 3 is 2.26 bits per heavy atom. The summed E-state index contributed by atoms with van der Waals surface area (Å²) in [6.45, 7) is 10.7. The second-order valence-electron chi connectivity index (χ2n) is 10.0. The number of amides is 2. The fourth-order valence-electron chi connectivity index (χ4n) is 4.50. The number of piperidine rings is 2. The summed E-state index contributed by atoms with van der Waals surface area (Å²) in [6.07, 6.45) is 7.12. The van der Waals surface area contributed by atoms with Gasteiger partial charge >= 0.3 is 6.09 Å². The van der Waals surface area contributed by atoms with Gasteiger partial charge in [0.2, 0.25) is 5.91 Å². The number of pyridine rings is 1. The van der Waals surface area contributed by atoms with Gasteiger partial charge in [-0.3, -0.25) is 14.7 Å². The highest BCUT2D eigenvalue weighted by Crippen LogP contribution is 2.24. The monoisotopic (exact) mass is 430 g/mol. The lowest BCUT2D eigenvalue weighted by Crippen LogP contribution is -2.45. The molecule has 0 spiro atoms. The molecule has 7 nitrogen and oxygen atoms in total. The Balaban J connectivity index is 1.38. The van der Waals surface area contributed by atoms with E-state index in [4.69, 9.17) is 4.74 Å². The highest BCUT2D eigenvalue weighted by Gasteiger charge is 2.31. The molecule has 0 atom stereocenters. The van der Waals surface area contributed by atoms with E-state index < -0.39 is 5.60 Å². The van der Waals surface area contributed by atoms with E-state index >= 15 is 0 Å². The van der Waals surface area contributed by atoms with Crippen molar-refractivity contribution in [1.29, 1.82) is 0 Å². The Hall–Kier alpha value is -2.15. The van der Waals surface area contributed by atoms with Gasteiger partial charge in [0.05, 0.1) is 0 Å². The Labute approximate surface area is 186 Å². The molecule has 31 heavy (non-hydrogen) atoms. The highest BCUT2D eigenvalue weighted by molar-refractivity contribution is 5.78. The lowest BCUT2D eigenvalue weighted by atomic mass is 9.93. The molecule has 0 saturated carbocycles. The van der Waals surface area contributed by atoms with Crippen molar-refractivity contribution in [1.82, 2.24) is 19.7 Å². The van der Waals surface area contributed by atoms with Crippen LogP contribution in [0.15, 0.2) is 24.5 Å². The summed E-state index contributed by atoms with van der Waals surface area (Å²) in [5.41, 5.74) is 0.809. The van der Waals surface area contributed by atoms with Gasteiger partial charge < -0.3 is 14.5 Å². The quantitative estimate of drug-likeness (QED) is 0.716. The van der Waals surface area contributed by atoms with E-state index in [1.807, 2.05) is 45.1 Å². The summed E-state index contributed by atoms with van der Waals surface area (Å²) in [5.74, 6) is 0.845. The minimum absolute atomic E-state index is 0.126. The van der Waals surface area contributed by atoms with Crippen LogP contribution in [0.1, 0.15) is 52.0 Å². The van der Waals surface area contributed by atoms with Crippen LogP contribution in [0.4, 0.5) is 4.79 Å². The molecule has 0 radical (unpaired) electrons. The number of rotatable bonds is 5. The zero-order chi connectivity index (χ0) is 22.4. The number of hydrogen-bond acceptors (Lipinski definition) is 5. The smallest absolute Gasteiger partial charge is 0.410 e. The molecular weight excluding hydrogens is 392 g/mol. The van der Waals surface area contributed by atoms with Gasteiger partial charge in [-0.15, -0.1) is 0 Å². The van der Waals surface area contributed by atoms with Crippen molar-refractivity contribution in [3.8, 4) is 0 Å². The third-order valence-corrected chi connectivity index (χ3v) is 6.27.